The second-order valence-electron chi connectivity index (χ2n) is 5.64. The Morgan fingerprint density at radius 2 is 1.63 bits per heavy atom. The molecular weight excluding hydrogens is 358 g/mol. The summed E-state index contributed by atoms with van der Waals surface area (Å²) in [7, 11) is 2.65. The monoisotopic (exact) mass is 381 g/mol. The third-order valence-electron chi connectivity index (χ3n) is 4.11. The van der Waals surface area contributed by atoms with Crippen LogP contribution in [0.5, 0.6) is 5.75 Å². The van der Waals surface area contributed by atoms with E-state index in [-0.39, 0.29) is 19.6 Å². The first-order valence-electron chi connectivity index (χ1n) is 8.47. The molecule has 1 saturated heterocycles. The Balaban J connectivity index is 2.47. The lowest BCUT2D eigenvalue weighted by molar-refractivity contribution is -0.200. The molecule has 27 heavy (non-hydrogen) atoms. The van der Waals surface area contributed by atoms with E-state index in [0.29, 0.717) is 16.4 Å². The Hall–Kier alpha value is -2.81. The number of methoxy groups -OCH3 is 2. The minimum atomic E-state index is -2.09. The minimum Gasteiger partial charge on any atom is -0.497 e. The maximum absolute atomic E-state index is 12.7. The van der Waals surface area contributed by atoms with Crippen molar-refractivity contribution in [3.8, 4) is 5.75 Å². The zero-order chi connectivity index (χ0) is 20.0. The van der Waals surface area contributed by atoms with Crippen molar-refractivity contribution in [2.75, 3.05) is 27.4 Å². The molecule has 1 aromatic rings. The first-order valence-corrected chi connectivity index (χ1v) is 8.47. The van der Waals surface area contributed by atoms with Gasteiger partial charge in [-0.25, -0.2) is 14.4 Å². The summed E-state index contributed by atoms with van der Waals surface area (Å²) >= 11 is 0. The van der Waals surface area contributed by atoms with Gasteiger partial charge in [0.15, 0.2) is 0 Å². The van der Waals surface area contributed by atoms with Gasteiger partial charge in [-0.3, -0.25) is 4.84 Å². The number of hydroxylamine groups is 2. The van der Waals surface area contributed by atoms with Crippen LogP contribution >= 0.6 is 0 Å². The molecule has 1 unspecified atom stereocenters. The Morgan fingerprint density at radius 1 is 1.07 bits per heavy atom. The molecule has 0 saturated carbocycles. The van der Waals surface area contributed by atoms with Gasteiger partial charge in [0.25, 0.3) is 5.54 Å². The van der Waals surface area contributed by atoms with E-state index in [1.807, 2.05) is 0 Å². The van der Waals surface area contributed by atoms with Crippen LogP contribution in [-0.4, -0.2) is 56.1 Å². The Morgan fingerprint density at radius 3 is 2.07 bits per heavy atom. The van der Waals surface area contributed by atoms with E-state index >= 15 is 0 Å². The number of hydrogen-bond donors (Lipinski definition) is 0. The van der Waals surface area contributed by atoms with Crippen LogP contribution in [-0.2, 0) is 28.6 Å². The quantitative estimate of drug-likeness (QED) is 0.419. The summed E-state index contributed by atoms with van der Waals surface area (Å²) in [4.78, 5) is 43.3. The van der Waals surface area contributed by atoms with Crippen LogP contribution in [0.1, 0.15) is 31.9 Å². The molecular formula is C18H23NO8. The molecule has 0 spiro atoms. The molecule has 1 amide bonds. The van der Waals surface area contributed by atoms with Crippen LogP contribution in [0.2, 0.25) is 0 Å². The average molecular weight is 381 g/mol. The van der Waals surface area contributed by atoms with Gasteiger partial charge in [-0.15, -0.1) is 0 Å². The first-order chi connectivity index (χ1) is 12.9. The lowest BCUT2D eigenvalue weighted by Crippen LogP contribution is -2.59. The highest BCUT2D eigenvalue weighted by Crippen LogP contribution is 2.42. The SMILES string of the molecule is CCOC(=O)C1(C(=O)OCC)CC(c2ccc(OC)cc2)ON1C(=O)OC. The third kappa shape index (κ3) is 3.82. The van der Waals surface area contributed by atoms with Crippen molar-refractivity contribution < 1.29 is 38.2 Å². The largest absolute Gasteiger partial charge is 0.497 e. The number of rotatable bonds is 6. The van der Waals surface area contributed by atoms with Crippen molar-refractivity contribution >= 4 is 18.0 Å². The van der Waals surface area contributed by atoms with E-state index in [1.165, 1.54) is 7.11 Å². The van der Waals surface area contributed by atoms with Crippen LogP contribution < -0.4 is 4.74 Å². The maximum Gasteiger partial charge on any atom is 0.435 e. The van der Waals surface area contributed by atoms with E-state index in [9.17, 15) is 14.4 Å². The number of hydrogen-bond acceptors (Lipinski definition) is 8. The summed E-state index contributed by atoms with van der Waals surface area (Å²) in [6.45, 7) is 3.22. The molecule has 9 heteroatoms. The fraction of sp³-hybridized carbons (Fsp3) is 0.500. The summed E-state index contributed by atoms with van der Waals surface area (Å²) < 4.78 is 19.9. The van der Waals surface area contributed by atoms with Crippen LogP contribution in [0.15, 0.2) is 24.3 Å². The zero-order valence-electron chi connectivity index (χ0n) is 15.7. The minimum absolute atomic E-state index is 0.0161. The van der Waals surface area contributed by atoms with E-state index in [0.717, 1.165) is 7.11 Å². The summed E-state index contributed by atoms with van der Waals surface area (Å²) in [5.74, 6) is -1.25. The number of amides is 1. The molecule has 0 radical (unpaired) electrons. The molecule has 0 aliphatic carbocycles. The van der Waals surface area contributed by atoms with Crippen LogP contribution in [0.3, 0.4) is 0 Å². The van der Waals surface area contributed by atoms with Crippen LogP contribution in [0.25, 0.3) is 0 Å². The van der Waals surface area contributed by atoms with Gasteiger partial charge in [-0.1, -0.05) is 12.1 Å². The van der Waals surface area contributed by atoms with Gasteiger partial charge in [0.2, 0.25) is 0 Å². The molecule has 1 aliphatic heterocycles. The third-order valence-corrected chi connectivity index (χ3v) is 4.11. The number of carbonyl (C=O) groups is 3. The number of benzene rings is 1. The number of nitrogens with zero attached hydrogens (tertiary/aromatic N) is 1. The van der Waals surface area contributed by atoms with Crippen LogP contribution in [0, 0.1) is 0 Å². The molecule has 1 aliphatic rings. The van der Waals surface area contributed by atoms with Gasteiger partial charge < -0.3 is 18.9 Å². The first kappa shape index (κ1) is 20.5. The van der Waals surface area contributed by atoms with Gasteiger partial charge in [0, 0.05) is 6.42 Å². The van der Waals surface area contributed by atoms with Crippen molar-refractivity contribution in [3.63, 3.8) is 0 Å². The lowest BCUT2D eigenvalue weighted by Gasteiger charge is -2.30. The van der Waals surface area contributed by atoms with Crippen molar-refractivity contribution in [3.05, 3.63) is 29.8 Å². The fourth-order valence-electron chi connectivity index (χ4n) is 2.80. The summed E-state index contributed by atoms with van der Waals surface area (Å²) in [6, 6.07) is 6.84. The van der Waals surface area contributed by atoms with Crippen molar-refractivity contribution in [1.82, 2.24) is 5.06 Å². The van der Waals surface area contributed by atoms with Crippen molar-refractivity contribution in [2.45, 2.75) is 31.9 Å². The fourth-order valence-corrected chi connectivity index (χ4v) is 2.80. The predicted molar refractivity (Wildman–Crippen MR) is 91.7 cm³/mol. The second-order valence-corrected chi connectivity index (χ2v) is 5.64. The van der Waals surface area contributed by atoms with E-state index in [1.54, 1.807) is 38.1 Å². The number of ether oxygens (including phenoxy) is 4. The average Bonchev–Trinajstić information content (AvgIpc) is 3.10. The molecule has 1 aromatic carbocycles. The normalized spacial score (nSPS) is 17.9. The molecule has 1 fully saturated rings. The van der Waals surface area contributed by atoms with Crippen molar-refractivity contribution in [2.24, 2.45) is 0 Å². The van der Waals surface area contributed by atoms with E-state index in [4.69, 9.17) is 23.8 Å². The molecule has 0 bridgehead atoms. The van der Waals surface area contributed by atoms with Gasteiger partial charge in [-0.05, 0) is 31.5 Å². The van der Waals surface area contributed by atoms with E-state index < -0.39 is 29.7 Å². The Kier molecular flexibility index (Phi) is 6.62. The standard InChI is InChI=1S/C18H23NO8/c1-5-25-15(20)18(16(21)26-6-2)11-14(27-19(18)17(22)24-4)12-7-9-13(23-3)10-8-12/h7-10,14H,5-6,11H2,1-4H3. The molecule has 1 atom stereocenters. The highest BCUT2D eigenvalue weighted by molar-refractivity contribution is 6.07. The van der Waals surface area contributed by atoms with Gasteiger partial charge in [0.1, 0.15) is 11.9 Å². The second kappa shape index (κ2) is 8.72. The molecule has 0 aromatic heterocycles. The van der Waals surface area contributed by atoms with Gasteiger partial charge in [-0.2, -0.15) is 5.06 Å². The molecule has 1 heterocycles. The van der Waals surface area contributed by atoms with E-state index in [2.05, 4.69) is 0 Å². The topological polar surface area (TPSA) is 101 Å². The van der Waals surface area contributed by atoms with Crippen molar-refractivity contribution in [1.29, 1.82) is 0 Å². The highest BCUT2D eigenvalue weighted by Gasteiger charge is 2.64. The predicted octanol–water partition coefficient (Wildman–Crippen LogP) is 2.00. The molecule has 148 valence electrons. The van der Waals surface area contributed by atoms with Gasteiger partial charge >= 0.3 is 18.0 Å². The smallest absolute Gasteiger partial charge is 0.435 e. The summed E-state index contributed by atoms with van der Waals surface area (Å²) in [5, 5.41) is 0.609. The molecule has 0 N–H and O–H groups in total. The Labute approximate surface area is 157 Å². The zero-order valence-corrected chi connectivity index (χ0v) is 15.7. The molecule has 9 nitrogen and oxygen atoms in total. The maximum atomic E-state index is 12.7. The molecule has 2 rings (SSSR count). The highest BCUT2D eigenvalue weighted by atomic mass is 16.8. The number of carbonyl (C=O) groups excluding carboxylic acids is 3. The Bertz CT molecular complexity index is 669. The summed E-state index contributed by atoms with van der Waals surface area (Å²) in [6.07, 6.45) is -1.96. The number of esters is 2. The lowest BCUT2D eigenvalue weighted by atomic mass is 9.90. The van der Waals surface area contributed by atoms with Crippen LogP contribution in [0.4, 0.5) is 4.79 Å². The summed E-state index contributed by atoms with van der Waals surface area (Å²) in [5.41, 5.74) is -1.45. The van der Waals surface area contributed by atoms with Gasteiger partial charge in [0.05, 0.1) is 27.4 Å².